The number of carbonyl (C=O) groups is 1. The highest BCUT2D eigenvalue weighted by atomic mass is 16.2. The Bertz CT molecular complexity index is 852. The molecule has 2 aromatic heterocycles. The molecule has 0 saturated heterocycles. The lowest BCUT2D eigenvalue weighted by molar-refractivity contribution is -0.157. The number of amides is 1. The minimum Gasteiger partial charge on any atom is -0.351 e. The average Bonchev–Trinajstić information content (AvgIpc) is 3.33. The van der Waals surface area contributed by atoms with Gasteiger partial charge < -0.3 is 9.88 Å². The summed E-state index contributed by atoms with van der Waals surface area (Å²) in [5, 5.41) is 7.99. The quantitative estimate of drug-likeness (QED) is 0.843. The van der Waals surface area contributed by atoms with Crippen molar-refractivity contribution in [1.82, 2.24) is 29.6 Å². The average molecular weight is 397 g/mol. The molecule has 0 aliphatic heterocycles. The van der Waals surface area contributed by atoms with Crippen LogP contribution >= 0.6 is 0 Å². The molecule has 4 saturated carbocycles. The summed E-state index contributed by atoms with van der Waals surface area (Å²) in [6, 6.07) is 0.0551. The molecule has 4 bridgehead atoms. The van der Waals surface area contributed by atoms with Crippen LogP contribution in [0.4, 0.5) is 0 Å². The Morgan fingerprint density at radius 3 is 2.52 bits per heavy atom. The van der Waals surface area contributed by atoms with Crippen LogP contribution < -0.4 is 5.32 Å². The Balaban J connectivity index is 1.41. The van der Waals surface area contributed by atoms with Crippen LogP contribution in [0.15, 0.2) is 31.4 Å². The molecule has 0 radical (unpaired) electrons. The van der Waals surface area contributed by atoms with E-state index in [1.165, 1.54) is 6.42 Å². The summed E-state index contributed by atoms with van der Waals surface area (Å²) in [5.74, 6) is 1.48. The largest absolute Gasteiger partial charge is 0.351 e. The third kappa shape index (κ3) is 3.19. The summed E-state index contributed by atoms with van der Waals surface area (Å²) >= 11 is 0. The van der Waals surface area contributed by atoms with Crippen molar-refractivity contribution in [2.24, 2.45) is 22.7 Å². The molecule has 0 spiro atoms. The van der Waals surface area contributed by atoms with Crippen LogP contribution in [0.1, 0.15) is 59.3 Å². The Morgan fingerprint density at radius 2 is 1.93 bits per heavy atom. The number of hydrogen-bond acceptors (Lipinski definition) is 4. The molecule has 2 aromatic rings. The molecule has 2 unspecified atom stereocenters. The number of nitrogens with one attached hydrogen (secondary N) is 1. The van der Waals surface area contributed by atoms with Gasteiger partial charge in [0.15, 0.2) is 0 Å². The third-order valence-electron chi connectivity index (χ3n) is 7.72. The van der Waals surface area contributed by atoms with Gasteiger partial charge in [0.2, 0.25) is 5.91 Å². The molecule has 6 rings (SSSR count). The van der Waals surface area contributed by atoms with E-state index in [4.69, 9.17) is 0 Å². The zero-order valence-corrected chi connectivity index (χ0v) is 17.7. The summed E-state index contributed by atoms with van der Waals surface area (Å²) in [7, 11) is 0. The molecule has 4 fully saturated rings. The molecule has 7 nitrogen and oxygen atoms in total. The van der Waals surface area contributed by atoms with Crippen LogP contribution in [0.3, 0.4) is 0 Å². The van der Waals surface area contributed by atoms with E-state index in [0.29, 0.717) is 11.8 Å². The lowest BCUT2D eigenvalue weighted by Crippen LogP contribution is -2.62. The Morgan fingerprint density at radius 1 is 1.17 bits per heavy atom. The molecule has 156 valence electrons. The van der Waals surface area contributed by atoms with Gasteiger partial charge in [-0.2, -0.15) is 5.10 Å². The van der Waals surface area contributed by atoms with Crippen molar-refractivity contribution in [3.63, 3.8) is 0 Å². The van der Waals surface area contributed by atoms with Crippen molar-refractivity contribution in [2.45, 2.75) is 77.4 Å². The number of carbonyl (C=O) groups excluding carboxylic acids is 1. The van der Waals surface area contributed by atoms with E-state index in [0.717, 1.165) is 38.6 Å². The second kappa shape index (κ2) is 6.41. The molecular formula is C22H32N6O. The van der Waals surface area contributed by atoms with Crippen molar-refractivity contribution >= 4 is 5.91 Å². The van der Waals surface area contributed by atoms with E-state index in [9.17, 15) is 4.79 Å². The van der Waals surface area contributed by atoms with Gasteiger partial charge in [0, 0.05) is 18.9 Å². The molecule has 4 aliphatic rings. The first-order valence-electron chi connectivity index (χ1n) is 10.9. The Kier molecular flexibility index (Phi) is 4.16. The van der Waals surface area contributed by atoms with Crippen molar-refractivity contribution in [3.05, 3.63) is 31.4 Å². The fourth-order valence-corrected chi connectivity index (χ4v) is 6.65. The minimum absolute atomic E-state index is 0.0283. The second-order valence-corrected chi connectivity index (χ2v) is 11.0. The summed E-state index contributed by atoms with van der Waals surface area (Å²) < 4.78 is 4.13. The summed E-state index contributed by atoms with van der Waals surface area (Å²) in [5.41, 5.74) is -0.334. The van der Waals surface area contributed by atoms with Gasteiger partial charge in [-0.15, -0.1) is 0 Å². The van der Waals surface area contributed by atoms with Gasteiger partial charge in [-0.25, -0.2) is 14.6 Å². The summed E-state index contributed by atoms with van der Waals surface area (Å²) in [4.78, 5) is 22.2. The molecule has 1 amide bonds. The van der Waals surface area contributed by atoms with E-state index in [-0.39, 0.29) is 28.3 Å². The van der Waals surface area contributed by atoms with Crippen LogP contribution in [-0.4, -0.2) is 36.3 Å². The lowest BCUT2D eigenvalue weighted by atomic mass is 9.46. The highest BCUT2D eigenvalue weighted by molar-refractivity contribution is 5.83. The maximum atomic E-state index is 13.8. The van der Waals surface area contributed by atoms with Gasteiger partial charge in [-0.1, -0.05) is 20.8 Å². The number of imidazole rings is 1. The fraction of sp³-hybridized carbons (Fsp3) is 0.727. The van der Waals surface area contributed by atoms with Gasteiger partial charge in [0.05, 0.1) is 23.3 Å². The molecule has 0 aromatic carbocycles. The summed E-state index contributed by atoms with van der Waals surface area (Å²) in [6.45, 7) is 7.34. The first kappa shape index (κ1) is 18.8. The second-order valence-electron chi connectivity index (χ2n) is 11.0. The van der Waals surface area contributed by atoms with Crippen LogP contribution in [0.2, 0.25) is 0 Å². The molecular weight excluding hydrogens is 364 g/mol. The maximum absolute atomic E-state index is 13.8. The Hall–Kier alpha value is -2.18. The van der Waals surface area contributed by atoms with Crippen LogP contribution in [-0.2, 0) is 16.9 Å². The minimum atomic E-state index is -0.269. The van der Waals surface area contributed by atoms with Crippen LogP contribution in [0.25, 0.3) is 0 Å². The van der Waals surface area contributed by atoms with E-state index in [1.807, 2.05) is 18.9 Å². The predicted molar refractivity (Wildman–Crippen MR) is 109 cm³/mol. The molecule has 5 atom stereocenters. The number of hydrogen-bond donors (Lipinski definition) is 1. The smallest absolute Gasteiger partial charge is 0.226 e. The monoisotopic (exact) mass is 396 g/mol. The van der Waals surface area contributed by atoms with E-state index < -0.39 is 0 Å². The van der Waals surface area contributed by atoms with Gasteiger partial charge in [0.1, 0.15) is 12.7 Å². The lowest BCUT2D eigenvalue weighted by Gasteiger charge is -2.61. The van der Waals surface area contributed by atoms with E-state index in [1.54, 1.807) is 12.5 Å². The molecule has 4 aliphatic carbocycles. The molecule has 7 heteroatoms. The standard InChI is InChI=1S/C22H32N6O/c1-20(2,3)18(11-27-5-4-23-14-27)26-19(29)21-7-16-6-17(8-21)10-22(9-16,12-21)28-15-24-13-25-28/h4-5,13-18H,6-12H2,1-3H3,(H,26,29)/t16-,17+,18-,21?,22?/m1/s1. The number of nitrogens with zero attached hydrogens (tertiary/aromatic N) is 5. The van der Waals surface area contributed by atoms with E-state index in [2.05, 4.69) is 50.4 Å². The maximum Gasteiger partial charge on any atom is 0.226 e. The first-order chi connectivity index (χ1) is 13.8. The van der Waals surface area contributed by atoms with Gasteiger partial charge in [0.25, 0.3) is 0 Å². The van der Waals surface area contributed by atoms with Gasteiger partial charge in [-0.05, 0) is 55.8 Å². The topological polar surface area (TPSA) is 77.6 Å². The van der Waals surface area contributed by atoms with Crippen LogP contribution in [0.5, 0.6) is 0 Å². The van der Waals surface area contributed by atoms with Crippen molar-refractivity contribution in [3.8, 4) is 0 Å². The highest BCUT2D eigenvalue weighted by Crippen LogP contribution is 2.64. The molecule has 1 N–H and O–H groups in total. The third-order valence-corrected chi connectivity index (χ3v) is 7.72. The fourth-order valence-electron chi connectivity index (χ4n) is 6.65. The SMILES string of the molecule is CC(C)(C)[C@@H](Cn1ccnc1)NC(=O)C12C[C@H]3C[C@@H](C1)CC(n1cncn1)(C3)C2. The van der Waals surface area contributed by atoms with Crippen molar-refractivity contribution in [1.29, 1.82) is 0 Å². The Labute approximate surface area is 172 Å². The van der Waals surface area contributed by atoms with Crippen molar-refractivity contribution < 1.29 is 4.79 Å². The first-order valence-corrected chi connectivity index (χ1v) is 10.9. The number of rotatable bonds is 5. The molecule has 2 heterocycles. The molecule has 29 heavy (non-hydrogen) atoms. The van der Waals surface area contributed by atoms with Gasteiger partial charge >= 0.3 is 0 Å². The van der Waals surface area contributed by atoms with E-state index >= 15 is 0 Å². The van der Waals surface area contributed by atoms with Crippen LogP contribution in [0, 0.1) is 22.7 Å². The zero-order valence-electron chi connectivity index (χ0n) is 17.7. The predicted octanol–water partition coefficient (Wildman–Crippen LogP) is 3.00. The number of aromatic nitrogens is 5. The van der Waals surface area contributed by atoms with Gasteiger partial charge in [-0.3, -0.25) is 4.79 Å². The summed E-state index contributed by atoms with van der Waals surface area (Å²) in [6.07, 6.45) is 15.6. The zero-order chi connectivity index (χ0) is 20.3. The highest BCUT2D eigenvalue weighted by Gasteiger charge is 2.62. The van der Waals surface area contributed by atoms with Crippen molar-refractivity contribution in [2.75, 3.05) is 0 Å². The normalized spacial score (nSPS) is 34.3.